The number of rotatable bonds is 4. The van der Waals surface area contributed by atoms with Crippen LogP contribution in [-0.2, 0) is 16.0 Å². The van der Waals surface area contributed by atoms with Gasteiger partial charge < -0.3 is 15.2 Å². The molecule has 0 saturated heterocycles. The highest BCUT2D eigenvalue weighted by Crippen LogP contribution is 2.31. The highest BCUT2D eigenvalue weighted by atomic mass is 35.5. The second kappa shape index (κ2) is 5.48. The molecule has 5 nitrogen and oxygen atoms in total. The second-order valence-corrected chi connectivity index (χ2v) is 4.98. The molecule has 1 aliphatic heterocycles. The van der Waals surface area contributed by atoms with Crippen molar-refractivity contribution in [1.82, 2.24) is 5.32 Å². The molecule has 19 heavy (non-hydrogen) atoms. The number of aliphatic carboxylic acids is 1. The molecule has 1 aromatic rings. The van der Waals surface area contributed by atoms with E-state index in [0.29, 0.717) is 17.2 Å². The van der Waals surface area contributed by atoms with E-state index in [9.17, 15) is 9.59 Å². The zero-order valence-corrected chi connectivity index (χ0v) is 11.1. The summed E-state index contributed by atoms with van der Waals surface area (Å²) in [7, 11) is 0. The Kier molecular flexibility index (Phi) is 3.95. The number of hydrogen-bond donors (Lipinski definition) is 2. The predicted octanol–water partition coefficient (Wildman–Crippen LogP) is 1.48. The number of ether oxygens (including phenoxy) is 1. The molecule has 2 unspecified atom stereocenters. The fourth-order valence-corrected chi connectivity index (χ4v) is 2.01. The molecule has 2 atom stereocenters. The third kappa shape index (κ3) is 3.17. The third-order valence-electron chi connectivity index (χ3n) is 2.99. The van der Waals surface area contributed by atoms with Crippen LogP contribution in [0.4, 0.5) is 0 Å². The molecule has 0 bridgehead atoms. The summed E-state index contributed by atoms with van der Waals surface area (Å²) in [6, 6.07) is 5.20. The monoisotopic (exact) mass is 283 g/mol. The highest BCUT2D eigenvalue weighted by molar-refractivity contribution is 6.30. The molecule has 2 N–H and O–H groups in total. The maximum absolute atomic E-state index is 11.9. The number of carboxylic acid groups (broad SMARTS) is 1. The van der Waals surface area contributed by atoms with Gasteiger partial charge in [0.2, 0.25) is 0 Å². The van der Waals surface area contributed by atoms with Crippen molar-refractivity contribution in [3.8, 4) is 5.75 Å². The summed E-state index contributed by atoms with van der Waals surface area (Å²) in [5, 5.41) is 11.9. The van der Waals surface area contributed by atoms with Crippen LogP contribution in [0, 0.1) is 5.92 Å². The van der Waals surface area contributed by atoms with Crippen molar-refractivity contribution in [2.45, 2.75) is 19.4 Å². The van der Waals surface area contributed by atoms with Crippen LogP contribution in [0.5, 0.6) is 5.75 Å². The first kappa shape index (κ1) is 13.7. The van der Waals surface area contributed by atoms with Crippen molar-refractivity contribution in [2.75, 3.05) is 6.54 Å². The van der Waals surface area contributed by atoms with Crippen LogP contribution in [0.15, 0.2) is 18.2 Å². The van der Waals surface area contributed by atoms with Gasteiger partial charge >= 0.3 is 5.97 Å². The molecule has 1 aliphatic rings. The highest BCUT2D eigenvalue weighted by Gasteiger charge is 2.29. The maximum atomic E-state index is 11.9. The van der Waals surface area contributed by atoms with E-state index in [1.807, 2.05) is 0 Å². The molecule has 1 aromatic carbocycles. The summed E-state index contributed by atoms with van der Waals surface area (Å²) in [6.07, 6.45) is -0.169. The minimum absolute atomic E-state index is 0.0884. The van der Waals surface area contributed by atoms with Crippen molar-refractivity contribution >= 4 is 23.5 Å². The minimum atomic E-state index is -0.942. The van der Waals surface area contributed by atoms with Crippen LogP contribution in [0.25, 0.3) is 0 Å². The Morgan fingerprint density at radius 1 is 1.58 bits per heavy atom. The SMILES string of the molecule is CC(CNC(=O)C1Cc2cc(Cl)ccc2O1)C(=O)O. The van der Waals surface area contributed by atoms with Gasteiger partial charge in [0.25, 0.3) is 5.91 Å². The Hall–Kier alpha value is -1.75. The fraction of sp³-hybridized carbons (Fsp3) is 0.385. The van der Waals surface area contributed by atoms with Crippen LogP contribution in [0.1, 0.15) is 12.5 Å². The fourth-order valence-electron chi connectivity index (χ4n) is 1.82. The van der Waals surface area contributed by atoms with E-state index >= 15 is 0 Å². The van der Waals surface area contributed by atoms with Gasteiger partial charge in [0, 0.05) is 18.0 Å². The van der Waals surface area contributed by atoms with E-state index in [-0.39, 0.29) is 12.5 Å². The molecule has 6 heteroatoms. The number of hydrogen-bond acceptors (Lipinski definition) is 3. The molecule has 0 fully saturated rings. The molecule has 0 radical (unpaired) electrons. The molecule has 0 spiro atoms. The lowest BCUT2D eigenvalue weighted by Gasteiger charge is -2.12. The molecular weight excluding hydrogens is 270 g/mol. The average molecular weight is 284 g/mol. The molecule has 1 amide bonds. The van der Waals surface area contributed by atoms with Crippen LogP contribution in [0.2, 0.25) is 5.02 Å². The van der Waals surface area contributed by atoms with Gasteiger partial charge in [0.1, 0.15) is 5.75 Å². The molecule has 1 heterocycles. The Morgan fingerprint density at radius 2 is 2.32 bits per heavy atom. The molecular formula is C13H14ClNO4. The quantitative estimate of drug-likeness (QED) is 0.878. The smallest absolute Gasteiger partial charge is 0.308 e. The molecule has 0 saturated carbocycles. The van der Waals surface area contributed by atoms with Gasteiger partial charge in [0.05, 0.1) is 5.92 Å². The van der Waals surface area contributed by atoms with Crippen molar-refractivity contribution in [2.24, 2.45) is 5.92 Å². The zero-order valence-electron chi connectivity index (χ0n) is 10.4. The van der Waals surface area contributed by atoms with E-state index in [1.165, 1.54) is 6.92 Å². The van der Waals surface area contributed by atoms with Gasteiger partial charge in [-0.1, -0.05) is 18.5 Å². The minimum Gasteiger partial charge on any atom is -0.481 e. The van der Waals surface area contributed by atoms with Crippen molar-refractivity contribution in [3.05, 3.63) is 28.8 Å². The second-order valence-electron chi connectivity index (χ2n) is 4.55. The first-order chi connectivity index (χ1) is 8.97. The van der Waals surface area contributed by atoms with Gasteiger partial charge in [-0.05, 0) is 23.8 Å². The lowest BCUT2D eigenvalue weighted by Crippen LogP contribution is -2.40. The normalized spacial score (nSPS) is 18.3. The van der Waals surface area contributed by atoms with Gasteiger partial charge in [-0.3, -0.25) is 9.59 Å². The third-order valence-corrected chi connectivity index (χ3v) is 3.23. The average Bonchev–Trinajstić information content (AvgIpc) is 2.78. The van der Waals surface area contributed by atoms with E-state index in [0.717, 1.165) is 5.56 Å². The number of halogens is 1. The summed E-state index contributed by atoms with van der Waals surface area (Å²) in [5.74, 6) is -1.22. The van der Waals surface area contributed by atoms with E-state index < -0.39 is 18.0 Å². The maximum Gasteiger partial charge on any atom is 0.308 e. The number of nitrogens with one attached hydrogen (secondary N) is 1. The number of carbonyl (C=O) groups excluding carboxylic acids is 1. The summed E-state index contributed by atoms with van der Waals surface area (Å²) < 4.78 is 5.50. The lowest BCUT2D eigenvalue weighted by molar-refractivity contribution is -0.141. The topological polar surface area (TPSA) is 75.6 Å². The Labute approximate surface area is 115 Å². The number of benzene rings is 1. The van der Waals surface area contributed by atoms with Crippen LogP contribution >= 0.6 is 11.6 Å². The summed E-state index contributed by atoms with van der Waals surface area (Å²) >= 11 is 5.87. The summed E-state index contributed by atoms with van der Waals surface area (Å²) in [4.78, 5) is 22.5. The number of carbonyl (C=O) groups is 2. The van der Waals surface area contributed by atoms with Crippen LogP contribution < -0.4 is 10.1 Å². The van der Waals surface area contributed by atoms with Crippen LogP contribution in [0.3, 0.4) is 0 Å². The summed E-state index contributed by atoms with van der Waals surface area (Å²) in [6.45, 7) is 1.62. The molecule has 102 valence electrons. The number of fused-ring (bicyclic) bond motifs is 1. The Balaban J connectivity index is 1.92. The van der Waals surface area contributed by atoms with Crippen LogP contribution in [-0.4, -0.2) is 29.6 Å². The number of carboxylic acids is 1. The standard InChI is InChI=1S/C13H14ClNO4/c1-7(13(17)18)6-15-12(16)11-5-8-4-9(14)2-3-10(8)19-11/h2-4,7,11H,5-6H2,1H3,(H,15,16)(H,17,18). The van der Waals surface area contributed by atoms with E-state index in [1.54, 1.807) is 18.2 Å². The largest absolute Gasteiger partial charge is 0.481 e. The van der Waals surface area contributed by atoms with Gasteiger partial charge in [-0.2, -0.15) is 0 Å². The Bertz CT molecular complexity index is 517. The molecule has 0 aromatic heterocycles. The van der Waals surface area contributed by atoms with E-state index in [4.69, 9.17) is 21.4 Å². The zero-order chi connectivity index (χ0) is 14.0. The van der Waals surface area contributed by atoms with Crippen molar-refractivity contribution in [1.29, 1.82) is 0 Å². The van der Waals surface area contributed by atoms with Gasteiger partial charge in [-0.25, -0.2) is 0 Å². The van der Waals surface area contributed by atoms with Crippen molar-refractivity contribution < 1.29 is 19.4 Å². The number of amides is 1. The Morgan fingerprint density at radius 3 is 3.00 bits per heavy atom. The lowest BCUT2D eigenvalue weighted by atomic mass is 10.1. The van der Waals surface area contributed by atoms with E-state index in [2.05, 4.69) is 5.32 Å². The predicted molar refractivity (Wildman–Crippen MR) is 69.4 cm³/mol. The van der Waals surface area contributed by atoms with Gasteiger partial charge in [-0.15, -0.1) is 0 Å². The first-order valence-electron chi connectivity index (χ1n) is 5.93. The first-order valence-corrected chi connectivity index (χ1v) is 6.30. The van der Waals surface area contributed by atoms with Crippen molar-refractivity contribution in [3.63, 3.8) is 0 Å². The van der Waals surface area contributed by atoms with Gasteiger partial charge in [0.15, 0.2) is 6.10 Å². The molecule has 2 rings (SSSR count). The summed E-state index contributed by atoms with van der Waals surface area (Å²) in [5.41, 5.74) is 0.888. The molecule has 0 aliphatic carbocycles.